The molecule has 2 amide bonds. The predicted octanol–water partition coefficient (Wildman–Crippen LogP) is 0.997. The maximum Gasteiger partial charge on any atom is 0.320 e. The van der Waals surface area contributed by atoms with Gasteiger partial charge in [0.15, 0.2) is 0 Å². The van der Waals surface area contributed by atoms with Crippen molar-refractivity contribution in [1.82, 2.24) is 9.80 Å². The molecule has 0 aromatic carbocycles. The second kappa shape index (κ2) is 4.31. The fourth-order valence-corrected chi connectivity index (χ4v) is 2.48. The highest BCUT2D eigenvalue weighted by molar-refractivity contribution is 5.80. The van der Waals surface area contributed by atoms with Gasteiger partial charge in [0.05, 0.1) is 5.92 Å². The van der Waals surface area contributed by atoms with E-state index in [9.17, 15) is 9.59 Å². The number of rotatable bonds is 2. The fourth-order valence-electron chi connectivity index (χ4n) is 2.48. The summed E-state index contributed by atoms with van der Waals surface area (Å²) >= 11 is 0. The highest BCUT2D eigenvalue weighted by Crippen LogP contribution is 2.25. The molecule has 0 saturated carbocycles. The minimum absolute atomic E-state index is 0.0295. The van der Waals surface area contributed by atoms with Crippen LogP contribution in [0.2, 0.25) is 0 Å². The molecule has 2 fully saturated rings. The van der Waals surface area contributed by atoms with Crippen LogP contribution in [0.1, 0.15) is 26.2 Å². The van der Waals surface area contributed by atoms with Gasteiger partial charge in [-0.05, 0) is 19.3 Å². The smallest absolute Gasteiger partial charge is 0.320 e. The molecule has 0 aliphatic carbocycles. The van der Waals surface area contributed by atoms with Gasteiger partial charge < -0.3 is 14.9 Å². The standard InChI is InChI=1S/C11H18N2O3/c1-2-9-4-3-5-13(9)11(16)12-6-8(7-12)10(14)15/h8-9H,2-7H2,1H3,(H,14,15). The number of carbonyl (C=O) groups excluding carboxylic acids is 1. The highest BCUT2D eigenvalue weighted by atomic mass is 16.4. The Hall–Kier alpha value is -1.26. The average Bonchev–Trinajstić information content (AvgIpc) is 2.61. The van der Waals surface area contributed by atoms with Crippen molar-refractivity contribution in [1.29, 1.82) is 0 Å². The molecular formula is C11H18N2O3. The summed E-state index contributed by atoms with van der Waals surface area (Å²) in [7, 11) is 0. The van der Waals surface area contributed by atoms with E-state index in [2.05, 4.69) is 6.92 Å². The maximum atomic E-state index is 12.0. The molecule has 0 aromatic heterocycles. The SMILES string of the molecule is CCC1CCCN1C(=O)N1CC(C(=O)O)C1. The Kier molecular flexibility index (Phi) is 3.03. The molecule has 16 heavy (non-hydrogen) atoms. The third-order valence-corrected chi connectivity index (χ3v) is 3.60. The number of likely N-dealkylation sites (tertiary alicyclic amines) is 2. The molecule has 0 radical (unpaired) electrons. The van der Waals surface area contributed by atoms with Crippen LogP contribution in [0.25, 0.3) is 0 Å². The van der Waals surface area contributed by atoms with Crippen molar-refractivity contribution in [2.24, 2.45) is 5.92 Å². The lowest BCUT2D eigenvalue weighted by molar-refractivity contribution is -0.146. The van der Waals surface area contributed by atoms with Gasteiger partial charge >= 0.3 is 12.0 Å². The van der Waals surface area contributed by atoms with Crippen molar-refractivity contribution in [2.45, 2.75) is 32.2 Å². The summed E-state index contributed by atoms with van der Waals surface area (Å²) in [5, 5.41) is 8.74. The van der Waals surface area contributed by atoms with Gasteiger partial charge in [0.2, 0.25) is 0 Å². The molecule has 0 aromatic rings. The van der Waals surface area contributed by atoms with Gasteiger partial charge in [0.25, 0.3) is 0 Å². The van der Waals surface area contributed by atoms with Gasteiger partial charge in [-0.3, -0.25) is 4.79 Å². The van der Waals surface area contributed by atoms with Crippen LogP contribution in [0.5, 0.6) is 0 Å². The van der Waals surface area contributed by atoms with Crippen LogP contribution < -0.4 is 0 Å². The number of hydrogen-bond donors (Lipinski definition) is 1. The van der Waals surface area contributed by atoms with Gasteiger partial charge in [-0.2, -0.15) is 0 Å². The zero-order valence-corrected chi connectivity index (χ0v) is 9.56. The number of carboxylic acid groups (broad SMARTS) is 1. The van der Waals surface area contributed by atoms with Gasteiger partial charge in [0.1, 0.15) is 0 Å². The van der Waals surface area contributed by atoms with Crippen molar-refractivity contribution < 1.29 is 14.7 Å². The van der Waals surface area contributed by atoms with Crippen LogP contribution >= 0.6 is 0 Å². The Bertz CT molecular complexity index is 300. The number of urea groups is 1. The van der Waals surface area contributed by atoms with Gasteiger partial charge in [-0.15, -0.1) is 0 Å². The predicted molar refractivity (Wildman–Crippen MR) is 58.1 cm³/mol. The lowest BCUT2D eigenvalue weighted by atomic mass is 10.0. The molecular weight excluding hydrogens is 208 g/mol. The van der Waals surface area contributed by atoms with Crippen molar-refractivity contribution in [3.8, 4) is 0 Å². The Morgan fingerprint density at radius 2 is 2.06 bits per heavy atom. The van der Waals surface area contributed by atoms with E-state index in [4.69, 9.17) is 5.11 Å². The van der Waals surface area contributed by atoms with E-state index in [1.165, 1.54) is 0 Å². The Morgan fingerprint density at radius 3 is 2.62 bits per heavy atom. The number of carboxylic acids is 1. The van der Waals surface area contributed by atoms with E-state index in [1.54, 1.807) is 4.90 Å². The number of aliphatic carboxylic acids is 1. The minimum Gasteiger partial charge on any atom is -0.481 e. The van der Waals surface area contributed by atoms with Crippen molar-refractivity contribution in [2.75, 3.05) is 19.6 Å². The number of carbonyl (C=O) groups is 2. The molecule has 1 N–H and O–H groups in total. The van der Waals surface area contributed by atoms with Gasteiger partial charge in [-0.1, -0.05) is 6.92 Å². The van der Waals surface area contributed by atoms with Crippen molar-refractivity contribution in [3.63, 3.8) is 0 Å². The zero-order chi connectivity index (χ0) is 11.7. The summed E-state index contributed by atoms with van der Waals surface area (Å²) in [6.07, 6.45) is 3.14. The van der Waals surface area contributed by atoms with Crippen LogP contribution in [-0.2, 0) is 4.79 Å². The van der Waals surface area contributed by atoms with E-state index in [1.807, 2.05) is 4.90 Å². The van der Waals surface area contributed by atoms with E-state index in [0.29, 0.717) is 19.1 Å². The molecule has 2 saturated heterocycles. The molecule has 5 heteroatoms. The van der Waals surface area contributed by atoms with E-state index in [0.717, 1.165) is 25.8 Å². The summed E-state index contributed by atoms with van der Waals surface area (Å²) in [6.45, 7) is 3.67. The molecule has 2 rings (SSSR count). The quantitative estimate of drug-likeness (QED) is 0.764. The van der Waals surface area contributed by atoms with E-state index < -0.39 is 5.97 Å². The van der Waals surface area contributed by atoms with Gasteiger partial charge in [-0.25, -0.2) is 4.79 Å². The monoisotopic (exact) mass is 226 g/mol. The van der Waals surface area contributed by atoms with Crippen LogP contribution in [0.3, 0.4) is 0 Å². The molecule has 90 valence electrons. The third-order valence-electron chi connectivity index (χ3n) is 3.60. The summed E-state index contributed by atoms with van der Waals surface area (Å²) in [6, 6.07) is 0.387. The van der Waals surface area contributed by atoms with Crippen molar-refractivity contribution >= 4 is 12.0 Å². The lowest BCUT2D eigenvalue weighted by Crippen LogP contribution is -2.57. The molecule has 2 aliphatic rings. The summed E-state index contributed by atoms with van der Waals surface area (Å²) in [5.41, 5.74) is 0. The number of amides is 2. The second-order valence-corrected chi connectivity index (χ2v) is 4.62. The first kappa shape index (κ1) is 11.2. The first-order valence-electron chi connectivity index (χ1n) is 5.91. The summed E-state index contributed by atoms with van der Waals surface area (Å²) in [5.74, 6) is -1.15. The molecule has 2 heterocycles. The van der Waals surface area contributed by atoms with Crippen molar-refractivity contribution in [3.05, 3.63) is 0 Å². The first-order valence-corrected chi connectivity index (χ1v) is 5.91. The van der Waals surface area contributed by atoms with Crippen LogP contribution in [0.4, 0.5) is 4.79 Å². The summed E-state index contributed by atoms with van der Waals surface area (Å²) < 4.78 is 0. The zero-order valence-electron chi connectivity index (χ0n) is 9.56. The number of nitrogens with zero attached hydrogens (tertiary/aromatic N) is 2. The largest absolute Gasteiger partial charge is 0.481 e. The molecule has 2 aliphatic heterocycles. The van der Waals surface area contributed by atoms with E-state index in [-0.39, 0.29) is 11.9 Å². The molecule has 0 spiro atoms. The Balaban J connectivity index is 1.87. The second-order valence-electron chi connectivity index (χ2n) is 4.62. The Labute approximate surface area is 95.0 Å². The van der Waals surface area contributed by atoms with Gasteiger partial charge in [0, 0.05) is 25.7 Å². The first-order chi connectivity index (χ1) is 7.63. The number of hydrogen-bond acceptors (Lipinski definition) is 2. The highest BCUT2D eigenvalue weighted by Gasteiger charge is 2.39. The van der Waals surface area contributed by atoms with Crippen LogP contribution in [-0.4, -0.2) is 52.6 Å². The molecule has 1 atom stereocenters. The lowest BCUT2D eigenvalue weighted by Gasteiger charge is -2.40. The summed E-state index contributed by atoms with van der Waals surface area (Å²) in [4.78, 5) is 26.2. The molecule has 5 nitrogen and oxygen atoms in total. The minimum atomic E-state index is -0.794. The molecule has 0 bridgehead atoms. The average molecular weight is 226 g/mol. The molecule has 1 unspecified atom stereocenters. The maximum absolute atomic E-state index is 12.0. The van der Waals surface area contributed by atoms with Crippen LogP contribution in [0.15, 0.2) is 0 Å². The topological polar surface area (TPSA) is 60.9 Å². The van der Waals surface area contributed by atoms with E-state index >= 15 is 0 Å². The van der Waals surface area contributed by atoms with Crippen LogP contribution in [0, 0.1) is 5.92 Å². The Morgan fingerprint density at radius 1 is 1.38 bits per heavy atom. The third kappa shape index (κ3) is 1.86. The normalized spacial score (nSPS) is 25.7. The fraction of sp³-hybridized carbons (Fsp3) is 0.818.